The van der Waals surface area contributed by atoms with Gasteiger partial charge >= 0.3 is 0 Å². The number of piperazine rings is 1. The van der Waals surface area contributed by atoms with Gasteiger partial charge in [-0.2, -0.15) is 0 Å². The van der Waals surface area contributed by atoms with E-state index in [1.54, 1.807) is 0 Å². The molecule has 2 fully saturated rings. The third kappa shape index (κ3) is 6.80. The maximum Gasteiger partial charge on any atom is 0.234 e. The molecule has 1 saturated carbocycles. The third-order valence-corrected chi connectivity index (χ3v) is 3.96. The number of nitrogens with one attached hydrogen (secondary N) is 2. The lowest BCUT2D eigenvalue weighted by Gasteiger charge is -2.30. The van der Waals surface area contributed by atoms with E-state index in [1.807, 2.05) is 0 Å². The normalized spacial score (nSPS) is 27.8. The summed E-state index contributed by atoms with van der Waals surface area (Å²) in [6.07, 6.45) is 4.85. The zero-order valence-electron chi connectivity index (χ0n) is 11.7. The minimum Gasteiger partial charge on any atom is -0.352 e. The molecule has 0 atom stereocenters. The van der Waals surface area contributed by atoms with Crippen LogP contribution in [0.2, 0.25) is 0 Å². The first-order valence-corrected chi connectivity index (χ1v) is 6.96. The number of nitrogens with zero attached hydrogens (tertiary/aromatic N) is 1. The third-order valence-electron chi connectivity index (χ3n) is 3.96. The Morgan fingerprint density at radius 1 is 1.16 bits per heavy atom. The summed E-state index contributed by atoms with van der Waals surface area (Å²) in [5.41, 5.74) is 0. The molecule has 0 aromatic rings. The second-order valence-electron chi connectivity index (χ2n) is 5.55. The van der Waals surface area contributed by atoms with Crippen LogP contribution in [-0.4, -0.2) is 49.6 Å². The summed E-state index contributed by atoms with van der Waals surface area (Å²) in [5, 5.41) is 6.49. The van der Waals surface area contributed by atoms with Gasteiger partial charge in [0.2, 0.25) is 5.91 Å². The highest BCUT2D eigenvalue weighted by molar-refractivity contribution is 5.85. The second-order valence-corrected chi connectivity index (χ2v) is 5.55. The summed E-state index contributed by atoms with van der Waals surface area (Å²) >= 11 is 0. The van der Waals surface area contributed by atoms with Crippen molar-refractivity contribution in [1.82, 2.24) is 15.5 Å². The first-order valence-electron chi connectivity index (χ1n) is 6.96. The highest BCUT2D eigenvalue weighted by Crippen LogP contribution is 2.23. The van der Waals surface area contributed by atoms with Crippen LogP contribution in [0.4, 0.5) is 0 Å². The maximum absolute atomic E-state index is 11.9. The molecule has 0 spiro atoms. The van der Waals surface area contributed by atoms with Crippen LogP contribution < -0.4 is 10.6 Å². The predicted molar refractivity (Wildman–Crippen MR) is 83.4 cm³/mol. The second kappa shape index (κ2) is 9.81. The SMILES string of the molecule is CC1CCC(NC(=O)CN2CCNCC2)CC1.Cl.Cl. The summed E-state index contributed by atoms with van der Waals surface area (Å²) in [6, 6.07) is 0.432. The van der Waals surface area contributed by atoms with Crippen molar-refractivity contribution in [2.24, 2.45) is 5.92 Å². The average molecular weight is 312 g/mol. The highest BCUT2D eigenvalue weighted by atomic mass is 35.5. The van der Waals surface area contributed by atoms with Crippen LogP contribution >= 0.6 is 24.8 Å². The van der Waals surface area contributed by atoms with E-state index in [0.29, 0.717) is 12.6 Å². The lowest BCUT2D eigenvalue weighted by Crippen LogP contribution is -2.49. The van der Waals surface area contributed by atoms with Crippen molar-refractivity contribution >= 4 is 30.7 Å². The van der Waals surface area contributed by atoms with Crippen molar-refractivity contribution in [3.8, 4) is 0 Å². The van der Waals surface area contributed by atoms with Crippen LogP contribution in [0.25, 0.3) is 0 Å². The molecule has 6 heteroatoms. The molecule has 114 valence electrons. The van der Waals surface area contributed by atoms with E-state index < -0.39 is 0 Å². The molecule has 2 aliphatic rings. The van der Waals surface area contributed by atoms with Crippen LogP contribution in [0.15, 0.2) is 0 Å². The Hall–Kier alpha value is -0.0300. The van der Waals surface area contributed by atoms with E-state index >= 15 is 0 Å². The van der Waals surface area contributed by atoms with Gasteiger partial charge in [-0.25, -0.2) is 0 Å². The highest BCUT2D eigenvalue weighted by Gasteiger charge is 2.21. The average Bonchev–Trinajstić information content (AvgIpc) is 2.33. The molecule has 0 aromatic heterocycles. The minimum absolute atomic E-state index is 0. The molecule has 0 unspecified atom stereocenters. The van der Waals surface area contributed by atoms with Gasteiger partial charge in [0.15, 0.2) is 0 Å². The first kappa shape index (κ1) is 19.0. The van der Waals surface area contributed by atoms with E-state index in [1.165, 1.54) is 12.8 Å². The molecule has 1 heterocycles. The molecule has 4 nitrogen and oxygen atoms in total. The van der Waals surface area contributed by atoms with Gasteiger partial charge in [-0.15, -0.1) is 24.8 Å². The smallest absolute Gasteiger partial charge is 0.234 e. The quantitative estimate of drug-likeness (QED) is 0.829. The Labute approximate surface area is 128 Å². The van der Waals surface area contributed by atoms with E-state index in [2.05, 4.69) is 22.5 Å². The molecule has 19 heavy (non-hydrogen) atoms. The monoisotopic (exact) mass is 311 g/mol. The molecule has 1 amide bonds. The Morgan fingerprint density at radius 2 is 1.74 bits per heavy atom. The van der Waals surface area contributed by atoms with E-state index in [4.69, 9.17) is 0 Å². The zero-order valence-corrected chi connectivity index (χ0v) is 13.3. The van der Waals surface area contributed by atoms with Crippen molar-refractivity contribution in [2.45, 2.75) is 38.6 Å². The molecular formula is C13H27Cl2N3O. The van der Waals surface area contributed by atoms with E-state index in [9.17, 15) is 4.79 Å². The summed E-state index contributed by atoms with van der Waals surface area (Å²) in [7, 11) is 0. The van der Waals surface area contributed by atoms with Gasteiger partial charge in [-0.3, -0.25) is 9.69 Å². The van der Waals surface area contributed by atoms with Crippen molar-refractivity contribution in [3.63, 3.8) is 0 Å². The largest absolute Gasteiger partial charge is 0.352 e. The van der Waals surface area contributed by atoms with Crippen LogP contribution in [0, 0.1) is 5.92 Å². The van der Waals surface area contributed by atoms with Crippen molar-refractivity contribution < 1.29 is 4.79 Å². The van der Waals surface area contributed by atoms with Gasteiger partial charge in [-0.1, -0.05) is 6.92 Å². The van der Waals surface area contributed by atoms with Crippen LogP contribution in [0.1, 0.15) is 32.6 Å². The van der Waals surface area contributed by atoms with Crippen molar-refractivity contribution in [1.29, 1.82) is 0 Å². The van der Waals surface area contributed by atoms with Crippen LogP contribution in [0.3, 0.4) is 0 Å². The lowest BCUT2D eigenvalue weighted by atomic mass is 9.87. The Bertz CT molecular complexity index is 252. The number of halogens is 2. The summed E-state index contributed by atoms with van der Waals surface area (Å²) in [4.78, 5) is 14.1. The molecule has 1 aliphatic carbocycles. The van der Waals surface area contributed by atoms with Crippen LogP contribution in [-0.2, 0) is 4.79 Å². The Balaban J connectivity index is 0.00000162. The van der Waals surface area contributed by atoms with Gasteiger partial charge < -0.3 is 10.6 Å². The topological polar surface area (TPSA) is 44.4 Å². The molecule has 0 radical (unpaired) electrons. The molecule has 1 aliphatic heterocycles. The fourth-order valence-corrected chi connectivity index (χ4v) is 2.75. The van der Waals surface area contributed by atoms with Gasteiger partial charge in [-0.05, 0) is 31.6 Å². The van der Waals surface area contributed by atoms with Crippen molar-refractivity contribution in [2.75, 3.05) is 32.7 Å². The zero-order chi connectivity index (χ0) is 12.1. The summed E-state index contributed by atoms with van der Waals surface area (Å²) in [5.74, 6) is 1.06. The van der Waals surface area contributed by atoms with E-state index in [0.717, 1.165) is 44.9 Å². The lowest BCUT2D eigenvalue weighted by molar-refractivity contribution is -0.123. The number of carbonyl (C=O) groups excluding carboxylic acids is 1. The number of rotatable bonds is 3. The predicted octanol–water partition coefficient (Wildman–Crippen LogP) is 1.43. The summed E-state index contributed by atoms with van der Waals surface area (Å²) in [6.45, 7) is 6.89. The molecule has 2 N–H and O–H groups in total. The minimum atomic E-state index is 0. The summed E-state index contributed by atoms with van der Waals surface area (Å²) < 4.78 is 0. The van der Waals surface area contributed by atoms with Gasteiger partial charge in [0, 0.05) is 32.2 Å². The Kier molecular flexibility index (Phi) is 9.79. The van der Waals surface area contributed by atoms with Gasteiger partial charge in [0.25, 0.3) is 0 Å². The number of hydrogen-bond donors (Lipinski definition) is 2. The molecule has 2 rings (SSSR count). The molecule has 1 saturated heterocycles. The molecule has 0 bridgehead atoms. The van der Waals surface area contributed by atoms with Crippen LogP contribution in [0.5, 0.6) is 0 Å². The fraction of sp³-hybridized carbons (Fsp3) is 0.923. The number of hydrogen-bond acceptors (Lipinski definition) is 3. The van der Waals surface area contributed by atoms with E-state index in [-0.39, 0.29) is 30.7 Å². The van der Waals surface area contributed by atoms with Gasteiger partial charge in [0.1, 0.15) is 0 Å². The fourth-order valence-electron chi connectivity index (χ4n) is 2.75. The maximum atomic E-state index is 11.9. The molecule has 0 aromatic carbocycles. The number of carbonyl (C=O) groups is 1. The van der Waals surface area contributed by atoms with Gasteiger partial charge in [0.05, 0.1) is 6.54 Å². The standard InChI is InChI=1S/C13H25N3O.2ClH/c1-11-2-4-12(5-3-11)15-13(17)10-16-8-6-14-7-9-16;;/h11-12,14H,2-10H2,1H3,(H,15,17);2*1H. The van der Waals surface area contributed by atoms with Crippen molar-refractivity contribution in [3.05, 3.63) is 0 Å². The Morgan fingerprint density at radius 3 is 2.32 bits per heavy atom. The molecular weight excluding hydrogens is 285 g/mol. The first-order chi connectivity index (χ1) is 8.24. The number of amides is 1.